The topological polar surface area (TPSA) is 83.1 Å². The Kier molecular flexibility index (Phi) is 6.02. The lowest BCUT2D eigenvalue weighted by Crippen LogP contribution is -2.46. The maximum absolute atomic E-state index is 11.9. The van der Waals surface area contributed by atoms with Gasteiger partial charge in [0.1, 0.15) is 0 Å². The smallest absolute Gasteiger partial charge is 0.308 e. The van der Waals surface area contributed by atoms with Gasteiger partial charge in [0.2, 0.25) is 0 Å². The minimum Gasteiger partial charge on any atom is -0.479 e. The molecule has 1 aromatic rings. The number of aryl methyl sites for hydroxylation is 1. The lowest BCUT2D eigenvalue weighted by Gasteiger charge is -2.34. The van der Waals surface area contributed by atoms with Crippen molar-refractivity contribution in [2.24, 2.45) is 0 Å². The highest BCUT2D eigenvalue weighted by atomic mass is 16.6. The van der Waals surface area contributed by atoms with Gasteiger partial charge in [-0.25, -0.2) is 0 Å². The van der Waals surface area contributed by atoms with Crippen LogP contribution >= 0.6 is 0 Å². The van der Waals surface area contributed by atoms with Crippen molar-refractivity contribution >= 4 is 11.9 Å². The third-order valence-electron chi connectivity index (χ3n) is 4.18. The van der Waals surface area contributed by atoms with Crippen LogP contribution in [0, 0.1) is 6.92 Å². The second kappa shape index (κ2) is 7.84. The van der Waals surface area contributed by atoms with E-state index in [9.17, 15) is 9.59 Å². The van der Waals surface area contributed by atoms with Crippen LogP contribution in [0.1, 0.15) is 31.4 Å². The van der Waals surface area contributed by atoms with Crippen LogP contribution in [0.2, 0.25) is 0 Å². The summed E-state index contributed by atoms with van der Waals surface area (Å²) in [6, 6.07) is 3.51. The Labute approximate surface area is 147 Å². The van der Waals surface area contributed by atoms with Crippen molar-refractivity contribution in [3.63, 3.8) is 0 Å². The standard InChI is InChI=1S/C18H25NO6/c1-11-6-7-14(23-12(2)20)17-16(11)18(8-9-19-4,25-13(3)21)15(24-17)10-22-5/h6-7,15,19H,8-10H2,1-5H3/t15-,18?/m0/s1. The summed E-state index contributed by atoms with van der Waals surface area (Å²) in [5, 5.41) is 3.08. The Hall–Kier alpha value is -2.12. The van der Waals surface area contributed by atoms with Crippen LogP contribution in [-0.4, -0.2) is 45.4 Å². The molecule has 1 N–H and O–H groups in total. The average molecular weight is 351 g/mol. The largest absolute Gasteiger partial charge is 0.479 e. The zero-order valence-corrected chi connectivity index (χ0v) is 15.3. The van der Waals surface area contributed by atoms with Crippen LogP contribution in [-0.2, 0) is 24.7 Å². The van der Waals surface area contributed by atoms with Gasteiger partial charge in [0.25, 0.3) is 0 Å². The van der Waals surface area contributed by atoms with Crippen LogP contribution in [0.5, 0.6) is 11.5 Å². The van der Waals surface area contributed by atoms with Gasteiger partial charge in [-0.15, -0.1) is 0 Å². The van der Waals surface area contributed by atoms with Crippen molar-refractivity contribution in [1.82, 2.24) is 5.32 Å². The Balaban J connectivity index is 2.63. The Bertz CT molecular complexity index is 659. The number of hydrogen-bond donors (Lipinski definition) is 1. The molecule has 0 aromatic heterocycles. The van der Waals surface area contributed by atoms with Crippen molar-refractivity contribution < 1.29 is 28.5 Å². The molecule has 1 aromatic carbocycles. The summed E-state index contributed by atoms with van der Waals surface area (Å²) in [6.07, 6.45) is -0.0470. The van der Waals surface area contributed by atoms with Gasteiger partial charge in [-0.2, -0.15) is 0 Å². The maximum atomic E-state index is 11.9. The van der Waals surface area contributed by atoms with E-state index in [1.807, 2.05) is 20.0 Å². The monoisotopic (exact) mass is 351 g/mol. The quantitative estimate of drug-likeness (QED) is 0.591. The maximum Gasteiger partial charge on any atom is 0.308 e. The van der Waals surface area contributed by atoms with Gasteiger partial charge in [0.15, 0.2) is 23.2 Å². The molecule has 0 aliphatic carbocycles. The van der Waals surface area contributed by atoms with E-state index < -0.39 is 23.6 Å². The molecule has 0 saturated carbocycles. The van der Waals surface area contributed by atoms with Gasteiger partial charge in [-0.1, -0.05) is 6.07 Å². The highest BCUT2D eigenvalue weighted by Crippen LogP contribution is 2.52. The number of benzene rings is 1. The molecule has 7 heteroatoms. The van der Waals surface area contributed by atoms with Crippen LogP contribution < -0.4 is 14.8 Å². The summed E-state index contributed by atoms with van der Waals surface area (Å²) in [5.41, 5.74) is 0.598. The number of rotatable bonds is 7. The van der Waals surface area contributed by atoms with E-state index in [2.05, 4.69) is 5.32 Å². The molecule has 25 heavy (non-hydrogen) atoms. The molecule has 1 aliphatic heterocycles. The van der Waals surface area contributed by atoms with E-state index in [1.165, 1.54) is 13.8 Å². The molecule has 7 nitrogen and oxygen atoms in total. The molecule has 0 fully saturated rings. The minimum absolute atomic E-state index is 0.227. The lowest BCUT2D eigenvalue weighted by atomic mass is 9.83. The fourth-order valence-electron chi connectivity index (χ4n) is 3.28. The van der Waals surface area contributed by atoms with Gasteiger partial charge >= 0.3 is 11.9 Å². The normalized spacial score (nSPS) is 21.4. The van der Waals surface area contributed by atoms with Crippen LogP contribution in [0.25, 0.3) is 0 Å². The fourth-order valence-corrected chi connectivity index (χ4v) is 3.28. The second-order valence-electron chi connectivity index (χ2n) is 6.08. The summed E-state index contributed by atoms with van der Waals surface area (Å²) in [6.45, 7) is 5.44. The summed E-state index contributed by atoms with van der Waals surface area (Å²) < 4.78 is 22.4. The zero-order valence-electron chi connectivity index (χ0n) is 15.3. The molecule has 138 valence electrons. The first-order valence-electron chi connectivity index (χ1n) is 8.18. The van der Waals surface area contributed by atoms with Crippen molar-refractivity contribution in [3.05, 3.63) is 23.3 Å². The zero-order chi connectivity index (χ0) is 18.6. The number of hydrogen-bond acceptors (Lipinski definition) is 7. The second-order valence-corrected chi connectivity index (χ2v) is 6.08. The molecular weight excluding hydrogens is 326 g/mol. The summed E-state index contributed by atoms with van der Waals surface area (Å²) in [7, 11) is 3.38. The van der Waals surface area contributed by atoms with Gasteiger partial charge < -0.3 is 24.3 Å². The molecule has 0 amide bonds. The number of carbonyl (C=O) groups excluding carboxylic acids is 2. The molecule has 0 spiro atoms. The predicted molar refractivity (Wildman–Crippen MR) is 90.8 cm³/mol. The minimum atomic E-state index is -1.01. The summed E-state index contributed by atoms with van der Waals surface area (Å²) in [5.74, 6) is -0.119. The first-order chi connectivity index (χ1) is 11.9. The molecule has 0 bridgehead atoms. The number of carbonyl (C=O) groups is 2. The average Bonchev–Trinajstić information content (AvgIpc) is 2.83. The third kappa shape index (κ3) is 3.77. The molecule has 2 rings (SSSR count). The Morgan fingerprint density at radius 2 is 2.00 bits per heavy atom. The summed E-state index contributed by atoms with van der Waals surface area (Å²) >= 11 is 0. The number of esters is 2. The van der Waals surface area contributed by atoms with Gasteiger partial charge in [0, 0.05) is 32.9 Å². The van der Waals surface area contributed by atoms with E-state index in [0.29, 0.717) is 24.5 Å². The van der Waals surface area contributed by atoms with E-state index >= 15 is 0 Å². The molecule has 1 aliphatic rings. The number of nitrogens with one attached hydrogen (secondary N) is 1. The van der Waals surface area contributed by atoms with Gasteiger partial charge in [-0.05, 0) is 32.1 Å². The molecule has 0 radical (unpaired) electrons. The van der Waals surface area contributed by atoms with Crippen molar-refractivity contribution in [2.45, 2.75) is 38.9 Å². The third-order valence-corrected chi connectivity index (χ3v) is 4.18. The highest BCUT2D eigenvalue weighted by molar-refractivity contribution is 5.72. The molecule has 0 saturated heterocycles. The van der Waals surface area contributed by atoms with Crippen molar-refractivity contribution in [2.75, 3.05) is 27.3 Å². The van der Waals surface area contributed by atoms with E-state index in [4.69, 9.17) is 18.9 Å². The SMILES string of the molecule is CNCCC1(OC(C)=O)c2c(C)ccc(OC(C)=O)c2O[C@H]1COC. The predicted octanol–water partition coefficient (Wildman–Crippen LogP) is 1.70. The molecule has 1 unspecified atom stereocenters. The van der Waals surface area contributed by atoms with Crippen LogP contribution in [0.15, 0.2) is 12.1 Å². The van der Waals surface area contributed by atoms with Crippen molar-refractivity contribution in [3.8, 4) is 11.5 Å². The number of ether oxygens (including phenoxy) is 4. The fraction of sp³-hybridized carbons (Fsp3) is 0.556. The van der Waals surface area contributed by atoms with Crippen LogP contribution in [0.3, 0.4) is 0 Å². The summed E-state index contributed by atoms with van der Waals surface area (Å²) in [4.78, 5) is 23.3. The van der Waals surface area contributed by atoms with E-state index in [1.54, 1.807) is 13.2 Å². The molecule has 2 atom stereocenters. The number of fused-ring (bicyclic) bond motifs is 1. The molecule has 1 heterocycles. The van der Waals surface area contributed by atoms with E-state index in [0.717, 1.165) is 11.1 Å². The Morgan fingerprint density at radius 3 is 2.56 bits per heavy atom. The van der Waals surface area contributed by atoms with E-state index in [-0.39, 0.29) is 6.61 Å². The first-order valence-corrected chi connectivity index (χ1v) is 8.18. The molecular formula is C18H25NO6. The van der Waals surface area contributed by atoms with Crippen LogP contribution in [0.4, 0.5) is 0 Å². The first kappa shape index (κ1) is 19.2. The van der Waals surface area contributed by atoms with Crippen molar-refractivity contribution in [1.29, 1.82) is 0 Å². The highest BCUT2D eigenvalue weighted by Gasteiger charge is 2.53. The lowest BCUT2D eigenvalue weighted by molar-refractivity contribution is -0.170. The number of methoxy groups -OCH3 is 1. The Morgan fingerprint density at radius 1 is 1.28 bits per heavy atom. The van der Waals surface area contributed by atoms with Gasteiger partial charge in [0.05, 0.1) is 6.61 Å². The van der Waals surface area contributed by atoms with Gasteiger partial charge in [-0.3, -0.25) is 9.59 Å².